The Bertz CT molecular complexity index is 978. The lowest BCUT2D eigenvalue weighted by Crippen LogP contribution is -2.56. The molecule has 2 aromatic rings. The number of amides is 1. The quantitative estimate of drug-likeness (QED) is 0.376. The van der Waals surface area contributed by atoms with Crippen molar-refractivity contribution < 1.29 is 13.9 Å². The summed E-state index contributed by atoms with van der Waals surface area (Å²) < 4.78 is 21.1. The number of anilines is 2. The van der Waals surface area contributed by atoms with Gasteiger partial charge in [0.25, 0.3) is 5.91 Å². The highest BCUT2D eigenvalue weighted by molar-refractivity contribution is 6.06. The van der Waals surface area contributed by atoms with Gasteiger partial charge < -0.3 is 19.4 Å². The van der Waals surface area contributed by atoms with Gasteiger partial charge in [-0.05, 0) is 88.7 Å². The number of piperidine rings is 1. The van der Waals surface area contributed by atoms with Gasteiger partial charge in [-0.1, -0.05) is 27.2 Å². The molecule has 1 aliphatic heterocycles. The van der Waals surface area contributed by atoms with E-state index < -0.39 is 0 Å². The monoisotopic (exact) mass is 483 g/mol. The normalized spacial score (nSPS) is 20.2. The minimum atomic E-state index is -0.281. The fourth-order valence-electron chi connectivity index (χ4n) is 4.79. The molecule has 192 valence electrons. The molecule has 5 nitrogen and oxygen atoms in total. The van der Waals surface area contributed by atoms with E-state index in [1.165, 1.54) is 6.07 Å². The van der Waals surface area contributed by atoms with Crippen molar-refractivity contribution in [2.45, 2.75) is 58.9 Å². The number of carbonyl (C=O) groups excluding carboxylic acids is 1. The third kappa shape index (κ3) is 6.16. The summed E-state index contributed by atoms with van der Waals surface area (Å²) in [5, 5.41) is 0. The molecule has 1 fully saturated rings. The van der Waals surface area contributed by atoms with Crippen LogP contribution in [0.3, 0.4) is 0 Å². The highest BCUT2D eigenvalue weighted by Crippen LogP contribution is 2.35. The predicted octanol–water partition coefficient (Wildman–Crippen LogP) is 6.23. The maximum Gasteiger partial charge on any atom is 0.258 e. The maximum atomic E-state index is 15.4. The number of hydrogen-bond acceptors (Lipinski definition) is 4. The van der Waals surface area contributed by atoms with Crippen LogP contribution >= 0.6 is 0 Å². The van der Waals surface area contributed by atoms with Crippen molar-refractivity contribution in [1.82, 2.24) is 4.90 Å². The van der Waals surface area contributed by atoms with Crippen LogP contribution in [0.15, 0.2) is 42.5 Å². The molecule has 1 aliphatic rings. The first-order chi connectivity index (χ1) is 16.7. The lowest BCUT2D eigenvalue weighted by atomic mass is 9.79. The molecule has 2 atom stereocenters. The van der Waals surface area contributed by atoms with Gasteiger partial charge in [0, 0.05) is 36.4 Å². The smallest absolute Gasteiger partial charge is 0.258 e. The molecular formula is C29H42FN3O2. The number of ether oxygens (including phenoxy) is 1. The zero-order chi connectivity index (χ0) is 25.6. The molecule has 0 bridgehead atoms. The molecule has 35 heavy (non-hydrogen) atoms. The van der Waals surface area contributed by atoms with Crippen LogP contribution in [-0.2, 0) is 0 Å². The Hall–Kier alpha value is -2.60. The van der Waals surface area contributed by atoms with Crippen molar-refractivity contribution >= 4 is 17.3 Å². The van der Waals surface area contributed by atoms with E-state index in [-0.39, 0.29) is 17.3 Å². The Balaban J connectivity index is 1.76. The number of hydrogen-bond donors (Lipinski definition) is 0. The van der Waals surface area contributed by atoms with E-state index >= 15 is 4.39 Å². The summed E-state index contributed by atoms with van der Waals surface area (Å²) in [7, 11) is 4.24. The minimum absolute atomic E-state index is 0.105. The highest BCUT2D eigenvalue weighted by atomic mass is 19.1. The second-order valence-corrected chi connectivity index (χ2v) is 10.2. The summed E-state index contributed by atoms with van der Waals surface area (Å²) in [5.74, 6) is 0.746. The van der Waals surface area contributed by atoms with Crippen molar-refractivity contribution in [3.63, 3.8) is 0 Å². The second-order valence-electron chi connectivity index (χ2n) is 10.2. The number of benzene rings is 2. The molecule has 1 amide bonds. The SMILES string of the molecule is CCCCOc1ccc(C(=O)N(CCC)c2ccc(N3CCC(C)(N(C)C)C(C)C3)c(F)c2)cc1. The van der Waals surface area contributed by atoms with Crippen LogP contribution < -0.4 is 14.5 Å². The van der Waals surface area contributed by atoms with Gasteiger partial charge in [0.05, 0.1) is 12.3 Å². The van der Waals surface area contributed by atoms with Gasteiger partial charge in [0.1, 0.15) is 11.6 Å². The van der Waals surface area contributed by atoms with Crippen molar-refractivity contribution in [3.05, 3.63) is 53.8 Å². The summed E-state index contributed by atoms with van der Waals surface area (Å²) in [6.45, 7) is 11.5. The average Bonchev–Trinajstić information content (AvgIpc) is 2.84. The highest BCUT2D eigenvalue weighted by Gasteiger charge is 2.38. The largest absolute Gasteiger partial charge is 0.494 e. The fraction of sp³-hybridized carbons (Fsp3) is 0.552. The fourth-order valence-corrected chi connectivity index (χ4v) is 4.79. The van der Waals surface area contributed by atoms with Crippen LogP contribution in [0, 0.1) is 11.7 Å². The van der Waals surface area contributed by atoms with Crippen LogP contribution in [0.5, 0.6) is 5.75 Å². The summed E-state index contributed by atoms with van der Waals surface area (Å²) in [6.07, 6.45) is 3.82. The van der Waals surface area contributed by atoms with E-state index in [0.29, 0.717) is 36.0 Å². The molecule has 1 saturated heterocycles. The Kier molecular flexibility index (Phi) is 9.17. The number of carbonyl (C=O) groups is 1. The van der Waals surface area contributed by atoms with Gasteiger partial charge in [-0.3, -0.25) is 4.79 Å². The van der Waals surface area contributed by atoms with E-state index in [9.17, 15) is 4.79 Å². The zero-order valence-electron chi connectivity index (χ0n) is 22.3. The Morgan fingerprint density at radius 2 is 1.86 bits per heavy atom. The molecule has 2 unspecified atom stereocenters. The lowest BCUT2D eigenvalue weighted by Gasteiger charge is -2.49. The summed E-state index contributed by atoms with van der Waals surface area (Å²) >= 11 is 0. The van der Waals surface area contributed by atoms with Crippen molar-refractivity contribution in [1.29, 1.82) is 0 Å². The molecule has 0 radical (unpaired) electrons. The van der Waals surface area contributed by atoms with Crippen molar-refractivity contribution in [3.8, 4) is 5.75 Å². The predicted molar refractivity (Wildman–Crippen MR) is 143 cm³/mol. The minimum Gasteiger partial charge on any atom is -0.494 e. The van der Waals surface area contributed by atoms with Crippen LogP contribution in [-0.4, -0.2) is 56.7 Å². The zero-order valence-corrected chi connectivity index (χ0v) is 22.3. The molecule has 0 aliphatic carbocycles. The van der Waals surface area contributed by atoms with Crippen molar-refractivity contribution in [2.24, 2.45) is 5.92 Å². The number of rotatable bonds is 10. The average molecular weight is 484 g/mol. The first-order valence-electron chi connectivity index (χ1n) is 13.0. The van der Waals surface area contributed by atoms with Crippen LogP contribution in [0.25, 0.3) is 0 Å². The molecule has 0 saturated carbocycles. The Labute approximate surface area is 210 Å². The van der Waals surface area contributed by atoms with Gasteiger partial charge in [-0.15, -0.1) is 0 Å². The van der Waals surface area contributed by atoms with Gasteiger partial charge >= 0.3 is 0 Å². The topological polar surface area (TPSA) is 36.0 Å². The van der Waals surface area contributed by atoms with Gasteiger partial charge in [0.2, 0.25) is 0 Å². The standard InChI is InChI=1S/C29H42FN3O2/c1-7-9-19-35-25-13-10-23(11-14-25)28(34)33(17-8-2)24-12-15-27(26(30)20-24)32-18-16-29(4,31(5)6)22(3)21-32/h10-15,20,22H,7-9,16-19,21H2,1-6H3. The van der Waals surface area contributed by atoms with Gasteiger partial charge in [-0.25, -0.2) is 4.39 Å². The van der Waals surface area contributed by atoms with Crippen LogP contribution in [0.2, 0.25) is 0 Å². The number of unbranched alkanes of at least 4 members (excludes halogenated alkanes) is 1. The van der Waals surface area contributed by atoms with Gasteiger partial charge in [-0.2, -0.15) is 0 Å². The van der Waals surface area contributed by atoms with E-state index in [4.69, 9.17) is 4.74 Å². The lowest BCUT2D eigenvalue weighted by molar-refractivity contribution is 0.0833. The van der Waals surface area contributed by atoms with E-state index in [2.05, 4.69) is 44.7 Å². The van der Waals surface area contributed by atoms with Crippen LogP contribution in [0.1, 0.15) is 63.7 Å². The molecule has 6 heteroatoms. The van der Waals surface area contributed by atoms with E-state index in [1.54, 1.807) is 17.0 Å². The first-order valence-corrected chi connectivity index (χ1v) is 13.0. The number of halogens is 1. The molecule has 2 aromatic carbocycles. The number of nitrogens with zero attached hydrogens (tertiary/aromatic N) is 3. The maximum absolute atomic E-state index is 15.4. The van der Waals surface area contributed by atoms with Crippen LogP contribution in [0.4, 0.5) is 15.8 Å². The summed E-state index contributed by atoms with van der Waals surface area (Å²) in [4.78, 5) is 19.4. The van der Waals surface area contributed by atoms with Crippen molar-refractivity contribution in [2.75, 3.05) is 50.1 Å². The third-order valence-corrected chi connectivity index (χ3v) is 7.61. The molecular weight excluding hydrogens is 441 g/mol. The van der Waals surface area contributed by atoms with E-state index in [1.807, 2.05) is 31.2 Å². The Morgan fingerprint density at radius 3 is 2.43 bits per heavy atom. The molecule has 3 rings (SSSR count). The summed E-state index contributed by atoms with van der Waals surface area (Å²) in [6, 6.07) is 12.4. The first kappa shape index (κ1) is 27.0. The third-order valence-electron chi connectivity index (χ3n) is 7.61. The molecule has 1 heterocycles. The Morgan fingerprint density at radius 1 is 1.14 bits per heavy atom. The molecule has 0 spiro atoms. The van der Waals surface area contributed by atoms with E-state index in [0.717, 1.165) is 44.5 Å². The van der Waals surface area contributed by atoms with Gasteiger partial charge in [0.15, 0.2) is 0 Å². The molecule has 0 N–H and O–H groups in total. The summed E-state index contributed by atoms with van der Waals surface area (Å²) in [5.41, 5.74) is 1.87. The second kappa shape index (κ2) is 11.9. The molecule has 0 aromatic heterocycles.